The Balaban J connectivity index is 1.84. The van der Waals surface area contributed by atoms with E-state index in [2.05, 4.69) is 39.6 Å². The highest BCUT2D eigenvalue weighted by atomic mass is 15.1. The molecule has 0 radical (unpaired) electrons. The van der Waals surface area contributed by atoms with Gasteiger partial charge in [0, 0.05) is 12.7 Å². The van der Waals surface area contributed by atoms with Gasteiger partial charge in [0.05, 0.1) is 11.7 Å². The third-order valence-electron chi connectivity index (χ3n) is 3.60. The van der Waals surface area contributed by atoms with Crippen LogP contribution in [0.25, 0.3) is 0 Å². The maximum atomic E-state index is 5.61. The summed E-state index contributed by atoms with van der Waals surface area (Å²) in [6, 6.07) is 10.8. The first-order chi connectivity index (χ1) is 9.36. The van der Waals surface area contributed by atoms with Crippen LogP contribution >= 0.6 is 0 Å². The molecular formula is C15H18N4. The van der Waals surface area contributed by atoms with Gasteiger partial charge < -0.3 is 11.1 Å². The normalized spacial score (nSPS) is 17.8. The third kappa shape index (κ3) is 2.58. The van der Waals surface area contributed by atoms with Crippen molar-refractivity contribution in [3.8, 4) is 0 Å². The van der Waals surface area contributed by atoms with Gasteiger partial charge in [-0.3, -0.25) is 0 Å². The van der Waals surface area contributed by atoms with E-state index >= 15 is 0 Å². The average molecular weight is 254 g/mol. The van der Waals surface area contributed by atoms with Crippen LogP contribution in [0.1, 0.15) is 35.7 Å². The van der Waals surface area contributed by atoms with E-state index in [0.29, 0.717) is 18.5 Å². The van der Waals surface area contributed by atoms with Crippen molar-refractivity contribution < 1.29 is 0 Å². The minimum Gasteiger partial charge on any atom is -0.347 e. The van der Waals surface area contributed by atoms with Crippen LogP contribution in [0.3, 0.4) is 0 Å². The van der Waals surface area contributed by atoms with E-state index in [4.69, 9.17) is 5.73 Å². The van der Waals surface area contributed by atoms with Crippen molar-refractivity contribution in [3.05, 3.63) is 53.3 Å². The van der Waals surface area contributed by atoms with Crippen molar-refractivity contribution in [1.29, 1.82) is 0 Å². The zero-order valence-electron chi connectivity index (χ0n) is 10.8. The lowest BCUT2D eigenvalue weighted by Gasteiger charge is -2.26. The highest BCUT2D eigenvalue weighted by Gasteiger charge is 2.20. The third-order valence-corrected chi connectivity index (χ3v) is 3.60. The summed E-state index contributed by atoms with van der Waals surface area (Å²) in [4.78, 5) is 8.69. The Morgan fingerprint density at radius 3 is 3.05 bits per heavy atom. The number of hydrogen-bond acceptors (Lipinski definition) is 4. The summed E-state index contributed by atoms with van der Waals surface area (Å²) < 4.78 is 0. The lowest BCUT2D eigenvalue weighted by molar-refractivity contribution is 0.596. The topological polar surface area (TPSA) is 63.8 Å². The molecule has 3 N–H and O–H groups in total. The molecule has 4 nitrogen and oxygen atoms in total. The summed E-state index contributed by atoms with van der Waals surface area (Å²) in [5, 5.41) is 3.43. The van der Waals surface area contributed by atoms with Gasteiger partial charge in [0.15, 0.2) is 0 Å². The second-order valence-electron chi connectivity index (χ2n) is 4.86. The zero-order chi connectivity index (χ0) is 13.1. The van der Waals surface area contributed by atoms with E-state index < -0.39 is 0 Å². The van der Waals surface area contributed by atoms with Crippen molar-refractivity contribution in [2.45, 2.75) is 31.8 Å². The molecule has 98 valence electrons. The molecule has 1 aromatic heterocycles. The Hall–Kier alpha value is -1.94. The molecule has 0 fully saturated rings. The van der Waals surface area contributed by atoms with Gasteiger partial charge in [-0.05, 0) is 36.5 Å². The average Bonchev–Trinajstić information content (AvgIpc) is 2.48. The summed E-state index contributed by atoms with van der Waals surface area (Å²) >= 11 is 0. The maximum Gasteiger partial charge on any atom is 0.223 e. The van der Waals surface area contributed by atoms with E-state index in [1.807, 2.05) is 6.07 Å². The van der Waals surface area contributed by atoms with Crippen LogP contribution in [0.5, 0.6) is 0 Å². The number of fused-ring (bicyclic) bond motifs is 1. The molecule has 1 atom stereocenters. The molecule has 1 aliphatic carbocycles. The van der Waals surface area contributed by atoms with Gasteiger partial charge >= 0.3 is 0 Å². The molecular weight excluding hydrogens is 236 g/mol. The Labute approximate surface area is 113 Å². The molecule has 4 heteroatoms. The largest absolute Gasteiger partial charge is 0.347 e. The maximum absolute atomic E-state index is 5.61. The van der Waals surface area contributed by atoms with Crippen LogP contribution in [0.2, 0.25) is 0 Å². The second-order valence-corrected chi connectivity index (χ2v) is 4.86. The van der Waals surface area contributed by atoms with Gasteiger partial charge in [0.1, 0.15) is 0 Å². The number of nitrogens with one attached hydrogen (secondary N) is 1. The Morgan fingerprint density at radius 1 is 1.26 bits per heavy atom. The number of benzene rings is 1. The standard InChI is InChI=1S/C15H18N4/c16-10-12-8-9-17-15(18-12)19-14-7-3-5-11-4-1-2-6-13(11)14/h1-2,4,6,8-9,14H,3,5,7,10,16H2,(H,17,18,19). The molecule has 0 saturated heterocycles. The van der Waals surface area contributed by atoms with Crippen LogP contribution in [-0.2, 0) is 13.0 Å². The van der Waals surface area contributed by atoms with Crippen molar-refractivity contribution in [2.24, 2.45) is 5.73 Å². The van der Waals surface area contributed by atoms with Crippen molar-refractivity contribution in [3.63, 3.8) is 0 Å². The van der Waals surface area contributed by atoms with Gasteiger partial charge in [-0.25, -0.2) is 9.97 Å². The van der Waals surface area contributed by atoms with Gasteiger partial charge in [0.2, 0.25) is 5.95 Å². The van der Waals surface area contributed by atoms with Crippen molar-refractivity contribution >= 4 is 5.95 Å². The minimum absolute atomic E-state index is 0.304. The fraction of sp³-hybridized carbons (Fsp3) is 0.333. The number of aromatic nitrogens is 2. The first-order valence-electron chi connectivity index (χ1n) is 6.73. The predicted molar refractivity (Wildman–Crippen MR) is 75.7 cm³/mol. The first kappa shape index (κ1) is 12.1. The predicted octanol–water partition coefficient (Wildman–Crippen LogP) is 2.42. The SMILES string of the molecule is NCc1ccnc(NC2CCCc3ccccc32)n1. The Bertz CT molecular complexity index is 568. The fourth-order valence-electron chi connectivity index (χ4n) is 2.64. The van der Waals surface area contributed by atoms with Gasteiger partial charge in [-0.2, -0.15) is 0 Å². The number of nitrogens with zero attached hydrogens (tertiary/aromatic N) is 2. The van der Waals surface area contributed by atoms with Crippen LogP contribution in [0.15, 0.2) is 36.5 Å². The molecule has 19 heavy (non-hydrogen) atoms. The van der Waals surface area contributed by atoms with Crippen LogP contribution in [0.4, 0.5) is 5.95 Å². The van der Waals surface area contributed by atoms with E-state index in [1.165, 1.54) is 17.5 Å². The summed E-state index contributed by atoms with van der Waals surface area (Å²) in [7, 11) is 0. The van der Waals surface area contributed by atoms with Gasteiger partial charge in [0.25, 0.3) is 0 Å². The van der Waals surface area contributed by atoms with Crippen LogP contribution in [0, 0.1) is 0 Å². The first-order valence-corrected chi connectivity index (χ1v) is 6.73. The quantitative estimate of drug-likeness (QED) is 0.883. The van der Waals surface area contributed by atoms with Crippen LogP contribution < -0.4 is 11.1 Å². The molecule has 0 bridgehead atoms. The Morgan fingerprint density at radius 2 is 2.16 bits per heavy atom. The zero-order valence-corrected chi connectivity index (χ0v) is 10.8. The highest BCUT2D eigenvalue weighted by Crippen LogP contribution is 2.31. The molecule has 1 aliphatic rings. The summed E-state index contributed by atoms with van der Waals surface area (Å²) in [6.07, 6.45) is 5.24. The second kappa shape index (κ2) is 5.36. The fourth-order valence-corrected chi connectivity index (χ4v) is 2.64. The highest BCUT2D eigenvalue weighted by molar-refractivity contribution is 5.38. The van der Waals surface area contributed by atoms with Crippen molar-refractivity contribution in [2.75, 3.05) is 5.32 Å². The van der Waals surface area contributed by atoms with E-state index in [9.17, 15) is 0 Å². The molecule has 0 spiro atoms. The smallest absolute Gasteiger partial charge is 0.223 e. The molecule has 1 heterocycles. The van der Waals surface area contributed by atoms with Crippen LogP contribution in [-0.4, -0.2) is 9.97 Å². The van der Waals surface area contributed by atoms with E-state index in [-0.39, 0.29) is 0 Å². The summed E-state index contributed by atoms with van der Waals surface area (Å²) in [5.41, 5.74) is 9.28. The number of rotatable bonds is 3. The Kier molecular flexibility index (Phi) is 3.42. The number of nitrogens with two attached hydrogens (primary N) is 1. The molecule has 1 unspecified atom stereocenters. The molecule has 2 aromatic rings. The molecule has 1 aromatic carbocycles. The molecule has 3 rings (SSSR count). The summed E-state index contributed by atoms with van der Waals surface area (Å²) in [5.74, 6) is 0.671. The monoisotopic (exact) mass is 254 g/mol. The summed E-state index contributed by atoms with van der Waals surface area (Å²) in [6.45, 7) is 0.443. The number of anilines is 1. The number of hydrogen-bond donors (Lipinski definition) is 2. The van der Waals surface area contributed by atoms with Gasteiger partial charge in [-0.1, -0.05) is 24.3 Å². The lowest BCUT2D eigenvalue weighted by atomic mass is 9.88. The minimum atomic E-state index is 0.304. The van der Waals surface area contributed by atoms with E-state index in [0.717, 1.165) is 18.5 Å². The van der Waals surface area contributed by atoms with E-state index in [1.54, 1.807) is 6.20 Å². The molecule has 0 aliphatic heterocycles. The molecule has 0 amide bonds. The van der Waals surface area contributed by atoms with Gasteiger partial charge in [-0.15, -0.1) is 0 Å². The molecule has 0 saturated carbocycles. The lowest BCUT2D eigenvalue weighted by Crippen LogP contribution is -2.19. The number of aryl methyl sites for hydroxylation is 1. The van der Waals surface area contributed by atoms with Crippen molar-refractivity contribution in [1.82, 2.24) is 9.97 Å².